The minimum Gasteiger partial charge on any atom is -0.299 e. The van der Waals surface area contributed by atoms with Gasteiger partial charge in [0, 0.05) is 48.5 Å². The molecule has 2 aliphatic rings. The smallest absolute Gasteiger partial charge is 0.168 e. The number of likely N-dealkylation sites (tertiary alicyclic amines) is 2. The quantitative estimate of drug-likeness (QED) is 0.289. The first-order valence-electron chi connectivity index (χ1n) is 14.1. The van der Waals surface area contributed by atoms with Crippen LogP contribution in [0, 0.1) is 0 Å². The van der Waals surface area contributed by atoms with Gasteiger partial charge in [0.15, 0.2) is 5.78 Å². The van der Waals surface area contributed by atoms with Crippen molar-refractivity contribution in [2.45, 2.75) is 51.6 Å². The molecule has 0 atom stereocenters. The SMILES string of the molecule is Cn1ncc(-c2ccc3cnc(CC(=O)c4cccc(CN5CCCC5)c4)cc3c2)c1CN1CCCCC1. The van der Waals surface area contributed by atoms with Crippen molar-refractivity contribution in [1.29, 1.82) is 0 Å². The van der Waals surface area contributed by atoms with Crippen molar-refractivity contribution in [2.24, 2.45) is 7.05 Å². The summed E-state index contributed by atoms with van der Waals surface area (Å²) in [6.07, 6.45) is 10.6. The lowest BCUT2D eigenvalue weighted by atomic mass is 10.00. The molecule has 2 aromatic carbocycles. The van der Waals surface area contributed by atoms with Gasteiger partial charge in [-0.05, 0) is 86.6 Å². The predicted molar refractivity (Wildman–Crippen MR) is 152 cm³/mol. The first-order chi connectivity index (χ1) is 18.6. The number of pyridine rings is 1. The van der Waals surface area contributed by atoms with Gasteiger partial charge < -0.3 is 0 Å². The van der Waals surface area contributed by atoms with Crippen molar-refractivity contribution in [3.05, 3.63) is 83.4 Å². The molecule has 4 heterocycles. The molecule has 0 saturated carbocycles. The predicted octanol–water partition coefficient (Wildman–Crippen LogP) is 5.64. The number of Topliss-reactive ketones (excluding diaryl/α,β-unsaturated/α-hetero) is 1. The van der Waals surface area contributed by atoms with Crippen LogP contribution in [0.25, 0.3) is 21.9 Å². The minimum atomic E-state index is 0.118. The minimum absolute atomic E-state index is 0.118. The number of ketones is 1. The molecule has 6 rings (SSSR count). The van der Waals surface area contributed by atoms with E-state index in [0.29, 0.717) is 6.42 Å². The van der Waals surface area contributed by atoms with E-state index >= 15 is 0 Å². The van der Waals surface area contributed by atoms with Crippen LogP contribution < -0.4 is 0 Å². The van der Waals surface area contributed by atoms with Crippen LogP contribution >= 0.6 is 0 Å². The molecule has 2 saturated heterocycles. The fourth-order valence-corrected chi connectivity index (χ4v) is 5.98. The van der Waals surface area contributed by atoms with Gasteiger partial charge in [0.1, 0.15) is 0 Å². The van der Waals surface area contributed by atoms with Crippen LogP contribution in [0.4, 0.5) is 0 Å². The van der Waals surface area contributed by atoms with Gasteiger partial charge in [0.25, 0.3) is 0 Å². The van der Waals surface area contributed by atoms with Crippen LogP contribution in [0.3, 0.4) is 0 Å². The van der Waals surface area contributed by atoms with E-state index in [1.54, 1.807) is 0 Å². The third-order valence-electron chi connectivity index (χ3n) is 8.17. The number of piperidine rings is 1. The average molecular weight is 508 g/mol. The summed E-state index contributed by atoms with van der Waals surface area (Å²) in [7, 11) is 2.04. The van der Waals surface area contributed by atoms with E-state index in [0.717, 1.165) is 66.9 Å². The number of nitrogens with zero attached hydrogens (tertiary/aromatic N) is 5. The second-order valence-electron chi connectivity index (χ2n) is 11.0. The van der Waals surface area contributed by atoms with Crippen LogP contribution in [0.15, 0.2) is 60.9 Å². The van der Waals surface area contributed by atoms with Gasteiger partial charge in [0.2, 0.25) is 0 Å². The summed E-state index contributed by atoms with van der Waals surface area (Å²) in [5.41, 5.74) is 6.40. The van der Waals surface area contributed by atoms with E-state index in [1.165, 1.54) is 48.9 Å². The van der Waals surface area contributed by atoms with Crippen LogP contribution in [0.5, 0.6) is 0 Å². The topological polar surface area (TPSA) is 54.3 Å². The first kappa shape index (κ1) is 25.0. The Morgan fingerprint density at radius 3 is 2.39 bits per heavy atom. The number of fused-ring (bicyclic) bond motifs is 1. The molecule has 196 valence electrons. The molecule has 2 aromatic heterocycles. The number of hydrogen-bond donors (Lipinski definition) is 0. The Morgan fingerprint density at radius 1 is 0.816 bits per heavy atom. The fraction of sp³-hybridized carbons (Fsp3) is 0.406. The molecule has 4 aromatic rings. The molecule has 6 nitrogen and oxygen atoms in total. The zero-order valence-corrected chi connectivity index (χ0v) is 22.4. The highest BCUT2D eigenvalue weighted by Crippen LogP contribution is 2.29. The third kappa shape index (κ3) is 5.57. The Hall–Kier alpha value is -3.35. The standard InChI is InChI=1S/C32H37N5O/c1-35-31(23-37-12-3-2-4-13-37)30(21-34-35)25-10-11-27-20-33-29(18-28(27)17-25)19-32(38)26-9-7-8-24(16-26)22-36-14-5-6-15-36/h7-11,16-18,20-21H,2-6,12-15,19,22-23H2,1H3. The van der Waals surface area contributed by atoms with E-state index in [2.05, 4.69) is 56.3 Å². The lowest BCUT2D eigenvalue weighted by molar-refractivity contribution is 0.0992. The normalized spacial score (nSPS) is 16.9. The zero-order valence-electron chi connectivity index (χ0n) is 22.4. The maximum absolute atomic E-state index is 13.2. The lowest BCUT2D eigenvalue weighted by Gasteiger charge is -2.26. The molecule has 2 fully saturated rings. The van der Waals surface area contributed by atoms with Gasteiger partial charge in [-0.3, -0.25) is 24.3 Å². The molecule has 38 heavy (non-hydrogen) atoms. The van der Waals surface area contributed by atoms with Gasteiger partial charge in [-0.15, -0.1) is 0 Å². The number of carbonyl (C=O) groups excluding carboxylic acids is 1. The summed E-state index contributed by atoms with van der Waals surface area (Å²) in [5, 5.41) is 6.79. The van der Waals surface area contributed by atoms with Crippen LogP contribution in [-0.2, 0) is 26.6 Å². The van der Waals surface area contributed by atoms with Crippen LogP contribution in [0.1, 0.15) is 59.4 Å². The van der Waals surface area contributed by atoms with E-state index in [1.807, 2.05) is 36.3 Å². The Balaban J connectivity index is 1.21. The molecule has 0 unspecified atom stereocenters. The zero-order chi connectivity index (χ0) is 25.9. The summed E-state index contributed by atoms with van der Waals surface area (Å²) in [4.78, 5) is 22.8. The number of benzene rings is 2. The molecule has 0 radical (unpaired) electrons. The highest BCUT2D eigenvalue weighted by atomic mass is 16.1. The summed E-state index contributed by atoms with van der Waals surface area (Å²) < 4.78 is 2.02. The number of aryl methyl sites for hydroxylation is 1. The number of rotatable bonds is 8. The maximum Gasteiger partial charge on any atom is 0.168 e. The van der Waals surface area contributed by atoms with Gasteiger partial charge in [-0.2, -0.15) is 5.10 Å². The Morgan fingerprint density at radius 2 is 1.58 bits per heavy atom. The van der Waals surface area contributed by atoms with Crippen LogP contribution in [-0.4, -0.2) is 56.5 Å². The number of hydrogen-bond acceptors (Lipinski definition) is 5. The van der Waals surface area contributed by atoms with Crippen molar-refractivity contribution >= 4 is 16.6 Å². The van der Waals surface area contributed by atoms with E-state index in [9.17, 15) is 4.79 Å². The van der Waals surface area contributed by atoms with Crippen LogP contribution in [0.2, 0.25) is 0 Å². The molecule has 0 N–H and O–H groups in total. The summed E-state index contributed by atoms with van der Waals surface area (Å²) in [6, 6.07) is 16.7. The molecular weight excluding hydrogens is 470 g/mol. The van der Waals surface area contributed by atoms with Gasteiger partial charge >= 0.3 is 0 Å². The average Bonchev–Trinajstić information content (AvgIpc) is 3.59. The van der Waals surface area contributed by atoms with Crippen molar-refractivity contribution in [3.8, 4) is 11.1 Å². The lowest BCUT2D eigenvalue weighted by Crippen LogP contribution is -2.30. The van der Waals surface area contributed by atoms with Gasteiger partial charge in [0.05, 0.1) is 18.3 Å². The maximum atomic E-state index is 13.2. The Labute approximate surface area is 225 Å². The fourth-order valence-electron chi connectivity index (χ4n) is 5.98. The highest BCUT2D eigenvalue weighted by molar-refractivity contribution is 5.98. The molecule has 2 aliphatic heterocycles. The number of aromatic nitrogens is 3. The summed E-state index contributed by atoms with van der Waals surface area (Å²) in [6.45, 7) is 6.47. The number of carbonyl (C=O) groups is 1. The van der Waals surface area contributed by atoms with E-state index < -0.39 is 0 Å². The highest BCUT2D eigenvalue weighted by Gasteiger charge is 2.18. The second kappa shape index (κ2) is 11.2. The molecular formula is C32H37N5O. The van der Waals surface area contributed by atoms with E-state index in [4.69, 9.17) is 0 Å². The van der Waals surface area contributed by atoms with Crippen molar-refractivity contribution < 1.29 is 4.79 Å². The monoisotopic (exact) mass is 507 g/mol. The molecule has 0 amide bonds. The Bertz CT molecular complexity index is 1430. The largest absolute Gasteiger partial charge is 0.299 e. The molecule has 0 bridgehead atoms. The molecule has 0 spiro atoms. The molecule has 6 heteroatoms. The second-order valence-corrected chi connectivity index (χ2v) is 11.0. The third-order valence-corrected chi connectivity index (χ3v) is 8.17. The van der Waals surface area contributed by atoms with Crippen molar-refractivity contribution in [3.63, 3.8) is 0 Å². The molecule has 0 aliphatic carbocycles. The summed E-state index contributed by atoms with van der Waals surface area (Å²) in [5.74, 6) is 0.118. The van der Waals surface area contributed by atoms with Crippen molar-refractivity contribution in [2.75, 3.05) is 26.2 Å². The van der Waals surface area contributed by atoms with Gasteiger partial charge in [-0.1, -0.05) is 36.8 Å². The van der Waals surface area contributed by atoms with E-state index in [-0.39, 0.29) is 5.78 Å². The first-order valence-corrected chi connectivity index (χ1v) is 14.1. The summed E-state index contributed by atoms with van der Waals surface area (Å²) >= 11 is 0. The van der Waals surface area contributed by atoms with Gasteiger partial charge in [-0.25, -0.2) is 0 Å². The van der Waals surface area contributed by atoms with Crippen molar-refractivity contribution in [1.82, 2.24) is 24.6 Å². The Kier molecular flexibility index (Phi) is 7.34.